The molecule has 15 heavy (non-hydrogen) atoms. The molecule has 1 N–H and O–H groups in total. The molecule has 2 aliphatic heterocycles. The van der Waals surface area contributed by atoms with Crippen LogP contribution >= 0.6 is 0 Å². The second-order valence-corrected chi connectivity index (χ2v) is 6.53. The van der Waals surface area contributed by atoms with E-state index in [9.17, 15) is 13.2 Å². The monoisotopic (exact) mass is 232 g/mol. The van der Waals surface area contributed by atoms with Gasteiger partial charge in [-0.15, -0.1) is 0 Å². The lowest BCUT2D eigenvalue weighted by Crippen LogP contribution is -2.48. The van der Waals surface area contributed by atoms with Crippen molar-refractivity contribution in [1.82, 2.24) is 10.2 Å². The molecule has 0 saturated carbocycles. The number of carbonyl (C=O) groups is 1. The van der Waals surface area contributed by atoms with Crippen LogP contribution in [0.3, 0.4) is 0 Å². The van der Waals surface area contributed by atoms with E-state index in [2.05, 4.69) is 5.32 Å². The zero-order valence-corrected chi connectivity index (χ0v) is 9.42. The summed E-state index contributed by atoms with van der Waals surface area (Å²) in [6.45, 7) is 2.08. The van der Waals surface area contributed by atoms with E-state index in [-0.39, 0.29) is 23.5 Å². The third-order valence-corrected chi connectivity index (χ3v) is 4.81. The Labute approximate surface area is 89.7 Å². The Bertz CT molecular complexity index is 352. The second kappa shape index (κ2) is 4.00. The molecule has 0 aromatic carbocycles. The van der Waals surface area contributed by atoms with E-state index in [4.69, 9.17) is 0 Å². The van der Waals surface area contributed by atoms with Crippen LogP contribution in [-0.2, 0) is 9.84 Å². The van der Waals surface area contributed by atoms with Gasteiger partial charge in [-0.05, 0) is 18.8 Å². The van der Waals surface area contributed by atoms with Crippen LogP contribution in [0.4, 0.5) is 4.79 Å². The average Bonchev–Trinajstić information content (AvgIpc) is 2.50. The molecule has 1 atom stereocenters. The first kappa shape index (κ1) is 10.7. The van der Waals surface area contributed by atoms with Crippen LogP contribution in [0.1, 0.15) is 12.8 Å². The minimum Gasteiger partial charge on any atom is -0.338 e. The summed E-state index contributed by atoms with van der Waals surface area (Å²) in [7, 11) is -2.82. The number of sulfone groups is 1. The quantitative estimate of drug-likeness (QED) is 0.719. The number of nitrogens with zero attached hydrogens (tertiary/aromatic N) is 1. The summed E-state index contributed by atoms with van der Waals surface area (Å²) < 4.78 is 22.5. The summed E-state index contributed by atoms with van der Waals surface area (Å²) in [6.07, 6.45) is 1.65. The maximum atomic E-state index is 11.4. The van der Waals surface area contributed by atoms with Gasteiger partial charge in [-0.3, -0.25) is 0 Å². The molecule has 0 radical (unpaired) electrons. The van der Waals surface area contributed by atoms with Gasteiger partial charge >= 0.3 is 6.03 Å². The third-order valence-electron chi connectivity index (χ3n) is 2.97. The maximum absolute atomic E-state index is 11.4. The van der Waals surface area contributed by atoms with E-state index < -0.39 is 9.84 Å². The van der Waals surface area contributed by atoms with Crippen LogP contribution in [0.5, 0.6) is 0 Å². The van der Waals surface area contributed by atoms with Crippen molar-refractivity contribution in [3.8, 4) is 0 Å². The van der Waals surface area contributed by atoms with E-state index in [0.717, 1.165) is 19.5 Å². The smallest absolute Gasteiger partial charge is 0.317 e. The molecule has 0 aromatic rings. The zero-order valence-electron chi connectivity index (χ0n) is 8.61. The molecule has 2 heterocycles. The minimum absolute atomic E-state index is 0.0504. The number of hydrogen-bond donors (Lipinski definition) is 1. The summed E-state index contributed by atoms with van der Waals surface area (Å²) in [5.41, 5.74) is 0. The lowest BCUT2D eigenvalue weighted by atomic mass is 10.1. The normalized spacial score (nSPS) is 30.3. The Hall–Kier alpha value is -0.780. The van der Waals surface area contributed by atoms with E-state index in [1.165, 1.54) is 0 Å². The molecule has 2 fully saturated rings. The van der Waals surface area contributed by atoms with Gasteiger partial charge in [0.05, 0.1) is 11.5 Å². The highest BCUT2D eigenvalue weighted by Crippen LogP contribution is 2.20. The van der Waals surface area contributed by atoms with Gasteiger partial charge in [-0.2, -0.15) is 0 Å². The standard InChI is InChI=1S/C9H16N2O3S/c12-9-10-3-1-4-11(9)6-8-2-5-15(13,14)7-8/h8H,1-7H2,(H,10,12). The maximum Gasteiger partial charge on any atom is 0.317 e. The summed E-state index contributed by atoms with van der Waals surface area (Å²) in [5, 5.41) is 2.76. The predicted octanol–water partition coefficient (Wildman–Crippen LogP) is -0.164. The molecule has 6 heteroatoms. The van der Waals surface area contributed by atoms with E-state index >= 15 is 0 Å². The van der Waals surface area contributed by atoms with Crippen molar-refractivity contribution in [3.05, 3.63) is 0 Å². The van der Waals surface area contributed by atoms with Gasteiger partial charge in [0.25, 0.3) is 0 Å². The molecule has 1 unspecified atom stereocenters. The molecule has 2 aliphatic rings. The highest BCUT2D eigenvalue weighted by atomic mass is 32.2. The van der Waals surface area contributed by atoms with E-state index in [0.29, 0.717) is 13.0 Å². The zero-order chi connectivity index (χ0) is 10.9. The fourth-order valence-electron chi connectivity index (χ4n) is 2.18. The molecule has 2 amide bonds. The van der Waals surface area contributed by atoms with Gasteiger partial charge in [0.2, 0.25) is 0 Å². The number of nitrogens with one attached hydrogen (secondary N) is 1. The molecule has 0 aromatic heterocycles. The summed E-state index contributed by atoms with van der Waals surface area (Å²) in [4.78, 5) is 13.1. The van der Waals surface area contributed by atoms with Crippen molar-refractivity contribution in [1.29, 1.82) is 0 Å². The highest BCUT2D eigenvalue weighted by molar-refractivity contribution is 7.91. The molecular weight excluding hydrogens is 216 g/mol. The van der Waals surface area contributed by atoms with Crippen LogP contribution in [-0.4, -0.2) is 50.5 Å². The minimum atomic E-state index is -2.82. The fourth-order valence-corrected chi connectivity index (χ4v) is 4.03. The first-order chi connectivity index (χ1) is 7.07. The van der Waals surface area contributed by atoms with Crippen molar-refractivity contribution < 1.29 is 13.2 Å². The molecule has 5 nitrogen and oxygen atoms in total. The largest absolute Gasteiger partial charge is 0.338 e. The molecule has 0 bridgehead atoms. The molecule has 2 rings (SSSR count). The van der Waals surface area contributed by atoms with Crippen LogP contribution in [0.25, 0.3) is 0 Å². The van der Waals surface area contributed by atoms with Crippen LogP contribution in [0, 0.1) is 5.92 Å². The van der Waals surface area contributed by atoms with Gasteiger partial charge < -0.3 is 10.2 Å². The topological polar surface area (TPSA) is 66.5 Å². The first-order valence-electron chi connectivity index (χ1n) is 5.30. The number of hydrogen-bond acceptors (Lipinski definition) is 3. The summed E-state index contributed by atoms with van der Waals surface area (Å²) in [5.74, 6) is 0.669. The Kier molecular flexibility index (Phi) is 2.86. The molecule has 86 valence electrons. The molecule has 2 saturated heterocycles. The number of carbonyl (C=O) groups excluding carboxylic acids is 1. The lowest BCUT2D eigenvalue weighted by Gasteiger charge is -2.29. The van der Waals surface area contributed by atoms with Gasteiger partial charge in [-0.1, -0.05) is 0 Å². The van der Waals surface area contributed by atoms with Gasteiger partial charge in [0.1, 0.15) is 0 Å². The Morgan fingerprint density at radius 1 is 1.47 bits per heavy atom. The third kappa shape index (κ3) is 2.62. The summed E-state index contributed by atoms with van der Waals surface area (Å²) >= 11 is 0. The van der Waals surface area contributed by atoms with Gasteiger partial charge in [0.15, 0.2) is 9.84 Å². The van der Waals surface area contributed by atoms with Crippen molar-refractivity contribution >= 4 is 15.9 Å². The Balaban J connectivity index is 1.89. The molecule has 0 spiro atoms. The Morgan fingerprint density at radius 2 is 2.27 bits per heavy atom. The van der Waals surface area contributed by atoms with Crippen LogP contribution < -0.4 is 5.32 Å². The SMILES string of the molecule is O=C1NCCCN1CC1CCS(=O)(=O)C1. The first-order valence-corrected chi connectivity index (χ1v) is 7.12. The lowest BCUT2D eigenvalue weighted by molar-refractivity contribution is 0.178. The van der Waals surface area contributed by atoms with Crippen LogP contribution in [0.15, 0.2) is 0 Å². The van der Waals surface area contributed by atoms with Crippen molar-refractivity contribution in [2.24, 2.45) is 5.92 Å². The van der Waals surface area contributed by atoms with E-state index in [1.54, 1.807) is 4.90 Å². The Morgan fingerprint density at radius 3 is 2.87 bits per heavy atom. The van der Waals surface area contributed by atoms with E-state index in [1.807, 2.05) is 0 Å². The number of urea groups is 1. The van der Waals surface area contributed by atoms with Crippen molar-refractivity contribution in [2.75, 3.05) is 31.1 Å². The van der Waals surface area contributed by atoms with Crippen molar-refractivity contribution in [3.63, 3.8) is 0 Å². The molecule has 0 aliphatic carbocycles. The average molecular weight is 232 g/mol. The molecular formula is C9H16N2O3S. The van der Waals surface area contributed by atoms with Crippen LogP contribution in [0.2, 0.25) is 0 Å². The fraction of sp³-hybridized carbons (Fsp3) is 0.889. The van der Waals surface area contributed by atoms with Gasteiger partial charge in [0, 0.05) is 19.6 Å². The van der Waals surface area contributed by atoms with Gasteiger partial charge in [-0.25, -0.2) is 13.2 Å². The second-order valence-electron chi connectivity index (χ2n) is 4.30. The number of amides is 2. The predicted molar refractivity (Wildman–Crippen MR) is 56.3 cm³/mol. The number of rotatable bonds is 2. The highest BCUT2D eigenvalue weighted by Gasteiger charge is 2.30. The summed E-state index contributed by atoms with van der Waals surface area (Å²) in [6, 6.07) is -0.0504. The van der Waals surface area contributed by atoms with Crippen molar-refractivity contribution in [2.45, 2.75) is 12.8 Å².